The Morgan fingerprint density at radius 2 is 1.67 bits per heavy atom. The summed E-state index contributed by atoms with van der Waals surface area (Å²) in [7, 11) is 1.76. The van der Waals surface area contributed by atoms with Crippen LogP contribution in [0.3, 0.4) is 0 Å². The lowest BCUT2D eigenvalue weighted by Crippen LogP contribution is -2.19. The smallest absolute Gasteiger partial charge is 0.128 e. The van der Waals surface area contributed by atoms with E-state index in [9.17, 15) is 8.78 Å². The molecule has 0 heterocycles. The summed E-state index contributed by atoms with van der Waals surface area (Å²) in [5.41, 5.74) is 2.28. The molecule has 0 saturated heterocycles. The second-order valence-electron chi connectivity index (χ2n) is 4.30. The molecule has 0 bridgehead atoms. The van der Waals surface area contributed by atoms with Gasteiger partial charge < -0.3 is 5.32 Å². The fraction of sp³-hybridized carbons (Fsp3) is 0.200. The number of benzene rings is 2. The summed E-state index contributed by atoms with van der Waals surface area (Å²) in [5.74, 6) is -0.545. The quantitative estimate of drug-likeness (QED) is 0.874. The van der Waals surface area contributed by atoms with Crippen molar-refractivity contribution >= 4 is 0 Å². The van der Waals surface area contributed by atoms with E-state index in [4.69, 9.17) is 0 Å². The lowest BCUT2D eigenvalue weighted by Gasteiger charge is -2.18. The summed E-state index contributed by atoms with van der Waals surface area (Å²) < 4.78 is 26.8. The Labute approximate surface area is 105 Å². The summed E-state index contributed by atoms with van der Waals surface area (Å²) in [4.78, 5) is 0. The van der Waals surface area contributed by atoms with E-state index in [0.717, 1.165) is 11.1 Å². The Morgan fingerprint density at radius 1 is 1.00 bits per heavy atom. The number of nitrogens with one attached hydrogen (secondary N) is 1. The van der Waals surface area contributed by atoms with Crippen molar-refractivity contribution in [2.24, 2.45) is 0 Å². The van der Waals surface area contributed by atoms with Crippen LogP contribution in [0.4, 0.5) is 8.78 Å². The molecule has 0 aliphatic rings. The van der Waals surface area contributed by atoms with Gasteiger partial charge in [-0.25, -0.2) is 8.78 Å². The predicted octanol–water partition coefficient (Wildman–Crippen LogP) is 3.58. The first-order chi connectivity index (χ1) is 8.61. The minimum absolute atomic E-state index is 0.251. The molecule has 1 N–H and O–H groups in total. The molecule has 0 aromatic heterocycles. The monoisotopic (exact) mass is 247 g/mol. The Kier molecular flexibility index (Phi) is 3.72. The van der Waals surface area contributed by atoms with Crippen molar-refractivity contribution in [1.82, 2.24) is 5.32 Å². The van der Waals surface area contributed by atoms with Crippen LogP contribution < -0.4 is 5.32 Å². The van der Waals surface area contributed by atoms with Gasteiger partial charge >= 0.3 is 0 Å². The van der Waals surface area contributed by atoms with Crippen LogP contribution in [0.2, 0.25) is 0 Å². The molecule has 2 rings (SSSR count). The summed E-state index contributed by atoms with van der Waals surface area (Å²) >= 11 is 0. The average Bonchev–Trinajstić information content (AvgIpc) is 2.35. The van der Waals surface area contributed by atoms with Crippen LogP contribution in [0.25, 0.3) is 0 Å². The molecule has 1 atom stereocenters. The first kappa shape index (κ1) is 12.7. The fourth-order valence-corrected chi connectivity index (χ4v) is 2.02. The highest BCUT2D eigenvalue weighted by Gasteiger charge is 2.15. The fourth-order valence-electron chi connectivity index (χ4n) is 2.02. The van der Waals surface area contributed by atoms with Crippen LogP contribution in [0.1, 0.15) is 22.7 Å². The molecule has 1 nitrogen and oxygen atoms in total. The number of halogens is 2. The lowest BCUT2D eigenvalue weighted by atomic mass is 9.97. The van der Waals surface area contributed by atoms with Crippen LogP contribution in [0, 0.1) is 18.6 Å². The molecule has 2 aromatic rings. The highest BCUT2D eigenvalue weighted by Crippen LogP contribution is 2.24. The molecule has 2 aromatic carbocycles. The maximum Gasteiger partial charge on any atom is 0.128 e. The zero-order valence-electron chi connectivity index (χ0n) is 10.4. The molecule has 0 radical (unpaired) electrons. The molecule has 3 heteroatoms. The standard InChI is InChI=1S/C15H15F2N/c1-10-3-8-13(14(17)9-10)15(18-2)11-4-6-12(16)7-5-11/h3-9,15,18H,1-2H3. The molecule has 0 fully saturated rings. The van der Waals surface area contributed by atoms with Crippen LogP contribution >= 0.6 is 0 Å². The number of hydrogen-bond acceptors (Lipinski definition) is 1. The van der Waals surface area contributed by atoms with Gasteiger partial charge in [-0.3, -0.25) is 0 Å². The molecule has 18 heavy (non-hydrogen) atoms. The van der Waals surface area contributed by atoms with Crippen LogP contribution in [0.5, 0.6) is 0 Å². The van der Waals surface area contributed by atoms with E-state index in [-0.39, 0.29) is 17.7 Å². The second kappa shape index (κ2) is 5.27. The maximum absolute atomic E-state index is 13.9. The molecular weight excluding hydrogens is 232 g/mol. The molecule has 0 aliphatic carbocycles. The SMILES string of the molecule is CNC(c1ccc(F)cc1)c1ccc(C)cc1F. The molecule has 0 saturated carbocycles. The van der Waals surface area contributed by atoms with Crippen molar-refractivity contribution in [1.29, 1.82) is 0 Å². The number of aryl methyl sites for hydroxylation is 1. The highest BCUT2D eigenvalue weighted by molar-refractivity contribution is 5.34. The number of rotatable bonds is 3. The van der Waals surface area contributed by atoms with Crippen LogP contribution in [0.15, 0.2) is 42.5 Å². The van der Waals surface area contributed by atoms with Gasteiger partial charge in [0.15, 0.2) is 0 Å². The number of hydrogen-bond donors (Lipinski definition) is 1. The van der Waals surface area contributed by atoms with Gasteiger partial charge in [0, 0.05) is 5.56 Å². The van der Waals surface area contributed by atoms with E-state index in [1.54, 1.807) is 25.2 Å². The highest BCUT2D eigenvalue weighted by atomic mass is 19.1. The molecule has 0 aliphatic heterocycles. The van der Waals surface area contributed by atoms with Crippen molar-refractivity contribution in [2.45, 2.75) is 13.0 Å². The zero-order valence-corrected chi connectivity index (χ0v) is 10.4. The summed E-state index contributed by atoms with van der Waals surface area (Å²) in [6.45, 7) is 1.85. The first-order valence-corrected chi connectivity index (χ1v) is 5.80. The normalized spacial score (nSPS) is 12.4. The third kappa shape index (κ3) is 2.57. The third-order valence-corrected chi connectivity index (χ3v) is 2.96. The van der Waals surface area contributed by atoms with Crippen molar-refractivity contribution in [2.75, 3.05) is 7.05 Å². The summed E-state index contributed by atoms with van der Waals surface area (Å²) in [5, 5.41) is 3.05. The van der Waals surface area contributed by atoms with E-state index in [0.29, 0.717) is 5.56 Å². The summed E-state index contributed by atoms with van der Waals surface area (Å²) in [6.07, 6.45) is 0. The van der Waals surface area contributed by atoms with E-state index in [1.807, 2.05) is 13.0 Å². The zero-order chi connectivity index (χ0) is 13.1. The Hall–Kier alpha value is -1.74. The lowest BCUT2D eigenvalue weighted by molar-refractivity contribution is 0.574. The Bertz CT molecular complexity index is 535. The second-order valence-corrected chi connectivity index (χ2v) is 4.30. The Morgan fingerprint density at radius 3 is 2.22 bits per heavy atom. The van der Waals surface area contributed by atoms with Gasteiger partial charge in [0.1, 0.15) is 11.6 Å². The van der Waals surface area contributed by atoms with Gasteiger partial charge in [-0.1, -0.05) is 24.3 Å². The van der Waals surface area contributed by atoms with Crippen LogP contribution in [-0.2, 0) is 0 Å². The van der Waals surface area contributed by atoms with Gasteiger partial charge in [0.2, 0.25) is 0 Å². The first-order valence-electron chi connectivity index (χ1n) is 5.80. The molecule has 0 amide bonds. The summed E-state index contributed by atoms with van der Waals surface area (Å²) in [6, 6.07) is 10.9. The van der Waals surface area contributed by atoms with Crippen LogP contribution in [-0.4, -0.2) is 7.05 Å². The van der Waals surface area contributed by atoms with Crippen molar-refractivity contribution in [3.8, 4) is 0 Å². The Balaban J connectivity index is 2.41. The topological polar surface area (TPSA) is 12.0 Å². The molecule has 1 unspecified atom stereocenters. The van der Waals surface area contributed by atoms with Gasteiger partial charge in [-0.2, -0.15) is 0 Å². The van der Waals surface area contributed by atoms with Crippen molar-refractivity contribution in [3.63, 3.8) is 0 Å². The van der Waals surface area contributed by atoms with Gasteiger partial charge in [0.25, 0.3) is 0 Å². The minimum Gasteiger partial charge on any atom is -0.309 e. The maximum atomic E-state index is 13.9. The van der Waals surface area contributed by atoms with E-state index in [1.165, 1.54) is 18.2 Å². The van der Waals surface area contributed by atoms with E-state index >= 15 is 0 Å². The molecule has 0 spiro atoms. The minimum atomic E-state index is -0.294. The van der Waals surface area contributed by atoms with E-state index in [2.05, 4.69) is 5.32 Å². The van der Waals surface area contributed by atoms with Crippen molar-refractivity contribution in [3.05, 3.63) is 70.8 Å². The largest absolute Gasteiger partial charge is 0.309 e. The van der Waals surface area contributed by atoms with Crippen molar-refractivity contribution < 1.29 is 8.78 Å². The average molecular weight is 247 g/mol. The van der Waals surface area contributed by atoms with E-state index < -0.39 is 0 Å². The van der Waals surface area contributed by atoms with Gasteiger partial charge in [-0.15, -0.1) is 0 Å². The van der Waals surface area contributed by atoms with Gasteiger partial charge in [0.05, 0.1) is 6.04 Å². The third-order valence-electron chi connectivity index (χ3n) is 2.96. The molecular formula is C15H15F2N. The van der Waals surface area contributed by atoms with Gasteiger partial charge in [-0.05, 0) is 43.3 Å². The molecule has 94 valence electrons. The predicted molar refractivity (Wildman–Crippen MR) is 68.4 cm³/mol.